The highest BCUT2D eigenvalue weighted by molar-refractivity contribution is 5.80. The Bertz CT molecular complexity index is 279. The van der Waals surface area contributed by atoms with E-state index >= 15 is 0 Å². The molecule has 1 fully saturated rings. The summed E-state index contributed by atoms with van der Waals surface area (Å²) in [5.41, 5.74) is 0. The van der Waals surface area contributed by atoms with Gasteiger partial charge in [-0.2, -0.15) is 0 Å². The van der Waals surface area contributed by atoms with Crippen LogP contribution in [0.5, 0.6) is 0 Å². The molecule has 82 valence electrons. The average molecular weight is 210 g/mol. The van der Waals surface area contributed by atoms with Crippen molar-refractivity contribution in [3.8, 4) is 11.8 Å². The number of hydrogen-bond donors (Lipinski definition) is 1. The van der Waals surface area contributed by atoms with Crippen LogP contribution < -0.4 is 0 Å². The first-order chi connectivity index (χ1) is 7.29. The third kappa shape index (κ3) is 5.89. The van der Waals surface area contributed by atoms with Gasteiger partial charge in [-0.05, 0) is 25.3 Å². The lowest BCUT2D eigenvalue weighted by Gasteiger charge is -2.21. The number of carboxylic acids is 1. The van der Waals surface area contributed by atoms with Gasteiger partial charge in [-0.25, -0.2) is 4.79 Å². The standard InChI is InChI=1S/C11H14O4/c12-10(13)6-2-1-4-8-14-11-7-3-5-9-15-11/h2,6,11H,3,5,7-9H2,(H,12,13). The van der Waals surface area contributed by atoms with Crippen LogP contribution in [-0.4, -0.2) is 30.6 Å². The Hall–Kier alpha value is -1.31. The van der Waals surface area contributed by atoms with E-state index in [4.69, 9.17) is 14.6 Å². The lowest BCUT2D eigenvalue weighted by atomic mass is 10.2. The van der Waals surface area contributed by atoms with E-state index in [2.05, 4.69) is 11.8 Å². The molecular weight excluding hydrogens is 196 g/mol. The Labute approximate surface area is 88.9 Å². The van der Waals surface area contributed by atoms with Crippen molar-refractivity contribution in [2.75, 3.05) is 13.2 Å². The van der Waals surface area contributed by atoms with E-state index in [-0.39, 0.29) is 12.9 Å². The van der Waals surface area contributed by atoms with E-state index in [0.717, 1.165) is 31.9 Å². The van der Waals surface area contributed by atoms with Crippen LogP contribution >= 0.6 is 0 Å². The van der Waals surface area contributed by atoms with Crippen molar-refractivity contribution >= 4 is 5.97 Å². The Balaban J connectivity index is 2.11. The van der Waals surface area contributed by atoms with Crippen LogP contribution in [0.2, 0.25) is 0 Å². The molecule has 1 unspecified atom stereocenters. The highest BCUT2D eigenvalue weighted by atomic mass is 16.7. The maximum Gasteiger partial charge on any atom is 0.328 e. The van der Waals surface area contributed by atoms with Crippen LogP contribution in [0.4, 0.5) is 0 Å². The average Bonchev–Trinajstić information content (AvgIpc) is 2.24. The maximum atomic E-state index is 10.1. The molecule has 1 aliphatic heterocycles. The first-order valence-electron chi connectivity index (χ1n) is 4.90. The smallest absolute Gasteiger partial charge is 0.328 e. The molecule has 1 N–H and O–H groups in total. The van der Waals surface area contributed by atoms with Crippen molar-refractivity contribution in [3.05, 3.63) is 12.2 Å². The Morgan fingerprint density at radius 2 is 2.47 bits per heavy atom. The van der Waals surface area contributed by atoms with E-state index in [1.54, 1.807) is 0 Å². The molecule has 1 atom stereocenters. The van der Waals surface area contributed by atoms with Crippen LogP contribution in [0.3, 0.4) is 0 Å². The highest BCUT2D eigenvalue weighted by Crippen LogP contribution is 2.12. The number of aliphatic carboxylic acids is 1. The van der Waals surface area contributed by atoms with Crippen molar-refractivity contribution in [2.45, 2.75) is 25.6 Å². The predicted molar refractivity (Wildman–Crippen MR) is 54.1 cm³/mol. The van der Waals surface area contributed by atoms with Gasteiger partial charge in [0.05, 0.1) is 0 Å². The lowest BCUT2D eigenvalue weighted by molar-refractivity contribution is -0.154. The maximum absolute atomic E-state index is 10.1. The molecule has 0 spiro atoms. The molecule has 0 aromatic heterocycles. The fourth-order valence-corrected chi connectivity index (χ4v) is 1.19. The van der Waals surface area contributed by atoms with Gasteiger partial charge in [0, 0.05) is 12.7 Å². The van der Waals surface area contributed by atoms with Crippen molar-refractivity contribution in [1.82, 2.24) is 0 Å². The first kappa shape index (κ1) is 11.8. The Morgan fingerprint density at radius 1 is 1.60 bits per heavy atom. The molecule has 1 saturated heterocycles. The Kier molecular flexibility index (Phi) is 5.52. The minimum Gasteiger partial charge on any atom is -0.478 e. The summed E-state index contributed by atoms with van der Waals surface area (Å²) in [5.74, 6) is 4.25. The summed E-state index contributed by atoms with van der Waals surface area (Å²) in [5, 5.41) is 8.27. The molecule has 0 aliphatic carbocycles. The summed E-state index contributed by atoms with van der Waals surface area (Å²) in [6.07, 6.45) is 5.25. The van der Waals surface area contributed by atoms with Gasteiger partial charge in [0.15, 0.2) is 6.29 Å². The second-order valence-electron chi connectivity index (χ2n) is 3.10. The minimum atomic E-state index is -0.999. The summed E-state index contributed by atoms with van der Waals surface area (Å²) >= 11 is 0. The topological polar surface area (TPSA) is 55.8 Å². The van der Waals surface area contributed by atoms with Gasteiger partial charge in [-0.1, -0.05) is 11.8 Å². The first-order valence-corrected chi connectivity index (χ1v) is 4.90. The zero-order valence-electron chi connectivity index (χ0n) is 8.44. The van der Waals surface area contributed by atoms with E-state index in [9.17, 15) is 4.79 Å². The summed E-state index contributed by atoms with van der Waals surface area (Å²) in [6, 6.07) is 0. The fraction of sp³-hybridized carbons (Fsp3) is 0.545. The van der Waals surface area contributed by atoms with Crippen LogP contribution in [0.25, 0.3) is 0 Å². The summed E-state index contributed by atoms with van der Waals surface area (Å²) in [7, 11) is 0. The van der Waals surface area contributed by atoms with Crippen LogP contribution in [0.1, 0.15) is 19.3 Å². The SMILES string of the molecule is O=C(O)C=CC#CCOC1CCCCO1. The summed E-state index contributed by atoms with van der Waals surface area (Å²) < 4.78 is 10.6. The van der Waals surface area contributed by atoms with Gasteiger partial charge >= 0.3 is 5.97 Å². The molecule has 0 bridgehead atoms. The normalized spacial score (nSPS) is 20.9. The van der Waals surface area contributed by atoms with E-state index in [1.165, 1.54) is 6.08 Å². The molecule has 0 aromatic carbocycles. The third-order valence-electron chi connectivity index (χ3n) is 1.89. The van der Waals surface area contributed by atoms with E-state index < -0.39 is 5.97 Å². The number of hydrogen-bond acceptors (Lipinski definition) is 3. The summed E-state index contributed by atoms with van der Waals surface area (Å²) in [6.45, 7) is 1.02. The van der Waals surface area contributed by atoms with Gasteiger partial charge in [0.1, 0.15) is 6.61 Å². The van der Waals surface area contributed by atoms with Crippen molar-refractivity contribution in [3.63, 3.8) is 0 Å². The van der Waals surface area contributed by atoms with Gasteiger partial charge in [-0.3, -0.25) is 0 Å². The van der Waals surface area contributed by atoms with E-state index in [0.29, 0.717) is 0 Å². The Morgan fingerprint density at radius 3 is 3.13 bits per heavy atom. The molecular formula is C11H14O4. The molecule has 4 nitrogen and oxygen atoms in total. The van der Waals surface area contributed by atoms with Crippen molar-refractivity contribution in [2.24, 2.45) is 0 Å². The van der Waals surface area contributed by atoms with Gasteiger partial charge in [-0.15, -0.1) is 0 Å². The van der Waals surface area contributed by atoms with Crippen LogP contribution in [0, 0.1) is 11.8 Å². The fourth-order valence-electron chi connectivity index (χ4n) is 1.19. The quantitative estimate of drug-likeness (QED) is 0.561. The highest BCUT2D eigenvalue weighted by Gasteiger charge is 2.12. The molecule has 0 amide bonds. The number of carboxylic acid groups (broad SMARTS) is 1. The van der Waals surface area contributed by atoms with Crippen molar-refractivity contribution in [1.29, 1.82) is 0 Å². The largest absolute Gasteiger partial charge is 0.478 e. The third-order valence-corrected chi connectivity index (χ3v) is 1.89. The molecule has 1 rings (SSSR count). The molecule has 1 aliphatic rings. The molecule has 0 radical (unpaired) electrons. The van der Waals surface area contributed by atoms with E-state index in [1.807, 2.05) is 0 Å². The van der Waals surface area contributed by atoms with Gasteiger partial charge < -0.3 is 14.6 Å². The van der Waals surface area contributed by atoms with Crippen LogP contribution in [0.15, 0.2) is 12.2 Å². The molecule has 0 saturated carbocycles. The number of carbonyl (C=O) groups is 1. The zero-order chi connectivity index (χ0) is 10.9. The second-order valence-corrected chi connectivity index (χ2v) is 3.10. The number of ether oxygens (including phenoxy) is 2. The minimum absolute atomic E-state index is 0.142. The number of allylic oxidation sites excluding steroid dienone is 1. The van der Waals surface area contributed by atoms with Crippen molar-refractivity contribution < 1.29 is 19.4 Å². The molecule has 0 aromatic rings. The number of rotatable bonds is 3. The van der Waals surface area contributed by atoms with Gasteiger partial charge in [0.25, 0.3) is 0 Å². The molecule has 4 heteroatoms. The predicted octanol–water partition coefficient (Wildman–Crippen LogP) is 1.17. The molecule has 1 heterocycles. The van der Waals surface area contributed by atoms with Crippen LogP contribution in [-0.2, 0) is 14.3 Å². The lowest BCUT2D eigenvalue weighted by Crippen LogP contribution is -2.22. The van der Waals surface area contributed by atoms with Gasteiger partial charge in [0.2, 0.25) is 0 Å². The second kappa shape index (κ2) is 7.04. The molecule has 15 heavy (non-hydrogen) atoms. The summed E-state index contributed by atoms with van der Waals surface area (Å²) in [4.78, 5) is 10.1. The monoisotopic (exact) mass is 210 g/mol. The zero-order valence-corrected chi connectivity index (χ0v) is 8.44.